The van der Waals surface area contributed by atoms with E-state index in [0.29, 0.717) is 15.6 Å². The lowest BCUT2D eigenvalue weighted by Crippen LogP contribution is -2.27. The first-order chi connectivity index (χ1) is 12.6. The smallest absolute Gasteiger partial charge is 0.298 e. The van der Waals surface area contributed by atoms with Gasteiger partial charge in [-0.15, -0.1) is 0 Å². The number of hydrogen-bond acceptors (Lipinski definition) is 3. The average Bonchev–Trinajstić information content (AvgIpc) is 3.14. The van der Waals surface area contributed by atoms with Gasteiger partial charge < -0.3 is 4.57 Å². The number of aromatic nitrogens is 1. The highest BCUT2D eigenvalue weighted by atomic mass is 35.5. The number of hydrogen-bond donors (Lipinski definition) is 0. The van der Waals surface area contributed by atoms with Crippen LogP contribution in [-0.4, -0.2) is 15.7 Å². The quantitative estimate of drug-likeness (QED) is 0.557. The van der Waals surface area contributed by atoms with Crippen LogP contribution in [0.3, 0.4) is 0 Å². The number of thioether (sulfide) groups is 1. The SMILES string of the molecule is CCn1cc(/C=C2\SC(=O)N(c3ccc(Cl)cc3)C2=O)c2ccccc21. The lowest BCUT2D eigenvalue weighted by Gasteiger charge is -2.12. The number of halogens is 1. The predicted octanol–water partition coefficient (Wildman–Crippen LogP) is 5.56. The Bertz CT molecular complexity index is 1050. The Morgan fingerprint density at radius 2 is 1.81 bits per heavy atom. The molecule has 2 heterocycles. The topological polar surface area (TPSA) is 42.3 Å². The van der Waals surface area contributed by atoms with E-state index in [9.17, 15) is 9.59 Å². The zero-order valence-corrected chi connectivity index (χ0v) is 15.6. The Morgan fingerprint density at radius 1 is 1.08 bits per heavy atom. The molecule has 0 atom stereocenters. The molecule has 3 aromatic rings. The van der Waals surface area contributed by atoms with E-state index in [2.05, 4.69) is 17.6 Å². The molecule has 130 valence electrons. The van der Waals surface area contributed by atoms with Crippen molar-refractivity contribution in [3.8, 4) is 0 Å². The first kappa shape index (κ1) is 16.9. The van der Waals surface area contributed by atoms with Gasteiger partial charge in [0.05, 0.1) is 10.6 Å². The number of amides is 2. The summed E-state index contributed by atoms with van der Waals surface area (Å²) in [4.78, 5) is 26.8. The van der Waals surface area contributed by atoms with Gasteiger partial charge in [-0.3, -0.25) is 9.59 Å². The van der Waals surface area contributed by atoms with Crippen molar-refractivity contribution in [2.24, 2.45) is 0 Å². The molecule has 26 heavy (non-hydrogen) atoms. The van der Waals surface area contributed by atoms with Crippen LogP contribution in [0.15, 0.2) is 59.6 Å². The zero-order chi connectivity index (χ0) is 18.3. The number of para-hydroxylation sites is 1. The van der Waals surface area contributed by atoms with Crippen LogP contribution in [0.2, 0.25) is 5.02 Å². The Morgan fingerprint density at radius 3 is 2.54 bits per heavy atom. The van der Waals surface area contributed by atoms with Crippen LogP contribution in [0.4, 0.5) is 10.5 Å². The minimum absolute atomic E-state index is 0.303. The molecule has 1 aliphatic rings. The Labute approximate surface area is 160 Å². The molecular formula is C20H15ClN2O2S. The van der Waals surface area contributed by atoms with Crippen LogP contribution < -0.4 is 4.90 Å². The maximum Gasteiger partial charge on any atom is 0.298 e. The zero-order valence-electron chi connectivity index (χ0n) is 14.0. The Balaban J connectivity index is 1.74. The summed E-state index contributed by atoms with van der Waals surface area (Å²) in [6.45, 7) is 2.91. The molecule has 2 aromatic carbocycles. The molecular weight excluding hydrogens is 368 g/mol. The molecule has 1 fully saturated rings. The number of anilines is 1. The molecule has 2 amide bonds. The van der Waals surface area contributed by atoms with Gasteiger partial charge in [-0.1, -0.05) is 29.8 Å². The summed E-state index contributed by atoms with van der Waals surface area (Å²) < 4.78 is 2.13. The summed E-state index contributed by atoms with van der Waals surface area (Å²) in [6.07, 6.45) is 3.82. The van der Waals surface area contributed by atoms with Gasteiger partial charge in [0.1, 0.15) is 0 Å². The van der Waals surface area contributed by atoms with Crippen molar-refractivity contribution in [3.05, 3.63) is 70.2 Å². The highest BCUT2D eigenvalue weighted by Gasteiger charge is 2.36. The minimum Gasteiger partial charge on any atom is -0.347 e. The number of imide groups is 1. The average molecular weight is 383 g/mol. The second-order valence-electron chi connectivity index (χ2n) is 5.88. The molecule has 0 radical (unpaired) electrons. The number of benzene rings is 2. The monoisotopic (exact) mass is 382 g/mol. The van der Waals surface area contributed by atoms with E-state index in [1.54, 1.807) is 30.3 Å². The van der Waals surface area contributed by atoms with Crippen LogP contribution in [0.5, 0.6) is 0 Å². The van der Waals surface area contributed by atoms with E-state index in [0.717, 1.165) is 34.8 Å². The van der Waals surface area contributed by atoms with Gasteiger partial charge in [-0.25, -0.2) is 4.90 Å². The van der Waals surface area contributed by atoms with Gasteiger partial charge in [-0.2, -0.15) is 0 Å². The van der Waals surface area contributed by atoms with E-state index in [1.165, 1.54) is 4.90 Å². The van der Waals surface area contributed by atoms with Crippen molar-refractivity contribution in [3.63, 3.8) is 0 Å². The van der Waals surface area contributed by atoms with Crippen LogP contribution in [-0.2, 0) is 11.3 Å². The third-order valence-corrected chi connectivity index (χ3v) is 5.45. The molecule has 0 N–H and O–H groups in total. The van der Waals surface area contributed by atoms with Gasteiger partial charge in [0.25, 0.3) is 11.1 Å². The molecule has 0 bridgehead atoms. The van der Waals surface area contributed by atoms with Crippen LogP contribution in [0.25, 0.3) is 17.0 Å². The van der Waals surface area contributed by atoms with E-state index >= 15 is 0 Å². The molecule has 4 nitrogen and oxygen atoms in total. The molecule has 1 aromatic heterocycles. The number of rotatable bonds is 3. The molecule has 0 spiro atoms. The highest BCUT2D eigenvalue weighted by molar-refractivity contribution is 8.19. The summed E-state index contributed by atoms with van der Waals surface area (Å²) in [5.41, 5.74) is 2.57. The van der Waals surface area contributed by atoms with Crippen molar-refractivity contribution < 1.29 is 9.59 Å². The number of nitrogens with zero attached hydrogens (tertiary/aromatic N) is 2. The second kappa shape index (κ2) is 6.67. The number of carbonyl (C=O) groups excluding carboxylic acids is 2. The molecule has 4 rings (SSSR count). The minimum atomic E-state index is -0.310. The van der Waals surface area contributed by atoms with Gasteiger partial charge >= 0.3 is 0 Å². The van der Waals surface area contributed by atoms with Crippen LogP contribution in [0, 0.1) is 0 Å². The van der Waals surface area contributed by atoms with Crippen molar-refractivity contribution in [2.45, 2.75) is 13.5 Å². The normalized spacial score (nSPS) is 16.2. The Hall–Kier alpha value is -2.50. The van der Waals surface area contributed by atoms with E-state index in [4.69, 9.17) is 11.6 Å². The fraction of sp³-hybridized carbons (Fsp3) is 0.100. The third kappa shape index (κ3) is 2.83. The van der Waals surface area contributed by atoms with Crippen LogP contribution in [0.1, 0.15) is 12.5 Å². The molecule has 0 aliphatic carbocycles. The summed E-state index contributed by atoms with van der Waals surface area (Å²) in [6, 6.07) is 14.7. The fourth-order valence-corrected chi connectivity index (χ4v) is 4.03. The van der Waals surface area contributed by atoms with Gasteiger partial charge in [0.2, 0.25) is 0 Å². The van der Waals surface area contributed by atoms with E-state index in [-0.39, 0.29) is 11.1 Å². The standard InChI is InChI=1S/C20H15ClN2O2S/c1-2-22-12-13(16-5-3-4-6-17(16)22)11-18-19(24)23(20(25)26-18)15-9-7-14(21)8-10-15/h3-12H,2H2,1H3/b18-11-. The summed E-state index contributed by atoms with van der Waals surface area (Å²) in [5, 5.41) is 1.32. The maximum absolute atomic E-state index is 12.8. The van der Waals surface area contributed by atoms with Crippen molar-refractivity contribution >= 4 is 57.2 Å². The van der Waals surface area contributed by atoms with Gasteiger partial charge in [-0.05, 0) is 55.1 Å². The second-order valence-corrected chi connectivity index (χ2v) is 7.31. The summed E-state index contributed by atoms with van der Waals surface area (Å²) in [5.74, 6) is -0.310. The first-order valence-corrected chi connectivity index (χ1v) is 9.39. The molecule has 0 saturated carbocycles. The molecule has 1 saturated heterocycles. The summed E-state index contributed by atoms with van der Waals surface area (Å²) >= 11 is 6.85. The van der Waals surface area contributed by atoms with Gasteiger partial charge in [0.15, 0.2) is 0 Å². The summed E-state index contributed by atoms with van der Waals surface area (Å²) in [7, 11) is 0. The Kier molecular flexibility index (Phi) is 4.34. The highest BCUT2D eigenvalue weighted by Crippen LogP contribution is 2.37. The van der Waals surface area contributed by atoms with Crippen molar-refractivity contribution in [1.29, 1.82) is 0 Å². The number of aryl methyl sites for hydroxylation is 1. The first-order valence-electron chi connectivity index (χ1n) is 8.20. The predicted molar refractivity (Wildman–Crippen MR) is 108 cm³/mol. The van der Waals surface area contributed by atoms with E-state index < -0.39 is 0 Å². The van der Waals surface area contributed by atoms with Gasteiger partial charge in [0, 0.05) is 34.2 Å². The maximum atomic E-state index is 12.8. The molecule has 1 aliphatic heterocycles. The lowest BCUT2D eigenvalue weighted by atomic mass is 10.1. The van der Waals surface area contributed by atoms with Crippen molar-refractivity contribution in [1.82, 2.24) is 4.57 Å². The van der Waals surface area contributed by atoms with Crippen molar-refractivity contribution in [2.75, 3.05) is 4.90 Å². The third-order valence-electron chi connectivity index (χ3n) is 4.33. The number of carbonyl (C=O) groups is 2. The largest absolute Gasteiger partial charge is 0.347 e. The fourth-order valence-electron chi connectivity index (χ4n) is 3.07. The molecule has 0 unspecified atom stereocenters. The number of fused-ring (bicyclic) bond motifs is 1. The molecule has 6 heteroatoms. The van der Waals surface area contributed by atoms with E-state index in [1.807, 2.05) is 24.4 Å². The lowest BCUT2D eigenvalue weighted by molar-refractivity contribution is -0.113. The van der Waals surface area contributed by atoms with Crippen LogP contribution >= 0.6 is 23.4 Å².